The van der Waals surface area contributed by atoms with E-state index in [4.69, 9.17) is 21.1 Å². The lowest BCUT2D eigenvalue weighted by Gasteiger charge is -2.06. The van der Waals surface area contributed by atoms with Gasteiger partial charge in [0.15, 0.2) is 0 Å². The van der Waals surface area contributed by atoms with Crippen LogP contribution in [0.5, 0.6) is 5.75 Å². The van der Waals surface area contributed by atoms with Crippen molar-refractivity contribution >= 4 is 23.5 Å². The van der Waals surface area contributed by atoms with E-state index in [2.05, 4.69) is 6.92 Å². The van der Waals surface area contributed by atoms with Crippen LogP contribution in [-0.2, 0) is 14.3 Å². The first-order valence-corrected chi connectivity index (χ1v) is 11.6. The highest BCUT2D eigenvalue weighted by molar-refractivity contribution is 6.30. The summed E-state index contributed by atoms with van der Waals surface area (Å²) in [7, 11) is 0. The molecule has 0 atom stereocenters. The molecular weight excluding hydrogens is 388 g/mol. The molecule has 1 rings (SSSR count). The molecule has 0 aliphatic rings. The van der Waals surface area contributed by atoms with Gasteiger partial charge in [-0.1, -0.05) is 88.8 Å². The molecule has 0 fully saturated rings. The van der Waals surface area contributed by atoms with Crippen molar-refractivity contribution in [2.45, 2.75) is 96.8 Å². The lowest BCUT2D eigenvalue weighted by Crippen LogP contribution is -2.10. The van der Waals surface area contributed by atoms with Crippen LogP contribution in [0.25, 0.3) is 0 Å². The Morgan fingerprint density at radius 1 is 0.793 bits per heavy atom. The first-order valence-electron chi connectivity index (χ1n) is 11.2. The largest absolute Gasteiger partial charge is 0.466 e. The highest BCUT2D eigenvalue weighted by atomic mass is 35.5. The molecule has 164 valence electrons. The first kappa shape index (κ1) is 25.5. The van der Waals surface area contributed by atoms with Gasteiger partial charge in [0.25, 0.3) is 0 Å². The molecule has 0 aliphatic heterocycles. The number of hydrogen-bond donors (Lipinski definition) is 0. The minimum absolute atomic E-state index is 0.181. The molecule has 0 bridgehead atoms. The molecule has 0 unspecified atom stereocenters. The summed E-state index contributed by atoms with van der Waals surface area (Å²) in [5, 5.41) is 0.515. The standard InChI is InChI=1S/C24H37ClO4/c1-2-3-4-5-6-7-8-9-10-11-12-19-28-23(26)17-14-18-24(27)29-22-16-13-15-21(25)20-22/h13,15-16,20H,2-12,14,17-19H2,1H3. The van der Waals surface area contributed by atoms with Crippen molar-refractivity contribution in [3.05, 3.63) is 29.3 Å². The summed E-state index contributed by atoms with van der Waals surface area (Å²) in [5.41, 5.74) is 0. The Bertz CT molecular complexity index is 574. The summed E-state index contributed by atoms with van der Waals surface area (Å²) < 4.78 is 10.4. The van der Waals surface area contributed by atoms with Crippen molar-refractivity contribution in [3.8, 4) is 5.75 Å². The van der Waals surface area contributed by atoms with Crippen LogP contribution in [0, 0.1) is 0 Å². The van der Waals surface area contributed by atoms with Crippen molar-refractivity contribution in [2.24, 2.45) is 0 Å². The first-order chi connectivity index (χ1) is 14.1. The van der Waals surface area contributed by atoms with Gasteiger partial charge in [0.05, 0.1) is 6.61 Å². The van der Waals surface area contributed by atoms with E-state index in [1.165, 1.54) is 57.8 Å². The third kappa shape index (κ3) is 15.0. The normalized spacial score (nSPS) is 10.7. The maximum Gasteiger partial charge on any atom is 0.311 e. The molecule has 1 aromatic carbocycles. The molecule has 0 heterocycles. The smallest absolute Gasteiger partial charge is 0.311 e. The van der Waals surface area contributed by atoms with E-state index in [1.807, 2.05) is 0 Å². The zero-order valence-electron chi connectivity index (χ0n) is 17.9. The monoisotopic (exact) mass is 424 g/mol. The molecule has 0 N–H and O–H groups in total. The predicted octanol–water partition coefficient (Wildman–Crippen LogP) is 7.27. The van der Waals surface area contributed by atoms with Crippen molar-refractivity contribution in [2.75, 3.05) is 6.61 Å². The number of ether oxygens (including phenoxy) is 2. The second-order valence-electron chi connectivity index (χ2n) is 7.54. The van der Waals surface area contributed by atoms with Crippen LogP contribution in [0.15, 0.2) is 24.3 Å². The molecule has 0 radical (unpaired) electrons. The van der Waals surface area contributed by atoms with Crippen LogP contribution in [0.2, 0.25) is 5.02 Å². The predicted molar refractivity (Wildman–Crippen MR) is 118 cm³/mol. The molecule has 29 heavy (non-hydrogen) atoms. The maximum atomic E-state index is 11.8. The van der Waals surface area contributed by atoms with E-state index in [9.17, 15) is 9.59 Å². The van der Waals surface area contributed by atoms with Gasteiger partial charge >= 0.3 is 11.9 Å². The maximum absolute atomic E-state index is 11.8. The number of hydrogen-bond acceptors (Lipinski definition) is 4. The lowest BCUT2D eigenvalue weighted by molar-refractivity contribution is -0.144. The number of rotatable bonds is 17. The molecule has 0 saturated heterocycles. The Morgan fingerprint density at radius 3 is 2.00 bits per heavy atom. The fourth-order valence-corrected chi connectivity index (χ4v) is 3.29. The summed E-state index contributed by atoms with van der Waals surface area (Å²) in [4.78, 5) is 23.5. The summed E-state index contributed by atoms with van der Waals surface area (Å²) in [6.45, 7) is 2.72. The summed E-state index contributed by atoms with van der Waals surface area (Å²) >= 11 is 5.85. The summed E-state index contributed by atoms with van der Waals surface area (Å²) in [6.07, 6.45) is 14.8. The minimum Gasteiger partial charge on any atom is -0.466 e. The molecule has 0 spiro atoms. The fourth-order valence-electron chi connectivity index (χ4n) is 3.11. The van der Waals surface area contributed by atoms with Gasteiger partial charge in [0.1, 0.15) is 5.75 Å². The molecule has 0 saturated carbocycles. The van der Waals surface area contributed by atoms with Gasteiger partial charge in [-0.05, 0) is 31.0 Å². The van der Waals surface area contributed by atoms with Crippen LogP contribution in [0.3, 0.4) is 0 Å². The Labute approximate surface area is 181 Å². The van der Waals surface area contributed by atoms with Gasteiger partial charge in [-0.15, -0.1) is 0 Å². The van der Waals surface area contributed by atoms with Crippen molar-refractivity contribution in [1.82, 2.24) is 0 Å². The number of unbranched alkanes of at least 4 members (excludes halogenated alkanes) is 10. The Balaban J connectivity index is 1.90. The molecule has 4 nitrogen and oxygen atoms in total. The van der Waals surface area contributed by atoms with E-state index in [0.717, 1.165) is 12.8 Å². The van der Waals surface area contributed by atoms with E-state index in [0.29, 0.717) is 23.8 Å². The molecule has 5 heteroatoms. The van der Waals surface area contributed by atoms with Crippen LogP contribution >= 0.6 is 11.6 Å². The van der Waals surface area contributed by atoms with E-state index in [1.54, 1.807) is 24.3 Å². The average Bonchev–Trinajstić information content (AvgIpc) is 2.69. The average molecular weight is 425 g/mol. The zero-order valence-corrected chi connectivity index (χ0v) is 18.7. The number of carbonyl (C=O) groups is 2. The third-order valence-electron chi connectivity index (χ3n) is 4.80. The Kier molecular flexibility index (Phi) is 15.2. The zero-order chi connectivity index (χ0) is 21.2. The lowest BCUT2D eigenvalue weighted by atomic mass is 10.1. The second kappa shape index (κ2) is 17.3. The summed E-state index contributed by atoms with van der Waals surface area (Å²) in [5.74, 6) is -0.195. The van der Waals surface area contributed by atoms with Gasteiger partial charge in [-0.25, -0.2) is 0 Å². The number of benzene rings is 1. The van der Waals surface area contributed by atoms with E-state index < -0.39 is 0 Å². The van der Waals surface area contributed by atoms with Gasteiger partial charge in [-0.3, -0.25) is 9.59 Å². The highest BCUT2D eigenvalue weighted by Crippen LogP contribution is 2.18. The Morgan fingerprint density at radius 2 is 1.38 bits per heavy atom. The highest BCUT2D eigenvalue weighted by Gasteiger charge is 2.08. The van der Waals surface area contributed by atoms with E-state index >= 15 is 0 Å². The van der Waals surface area contributed by atoms with Crippen molar-refractivity contribution < 1.29 is 19.1 Å². The van der Waals surface area contributed by atoms with E-state index in [-0.39, 0.29) is 24.8 Å². The summed E-state index contributed by atoms with van der Waals surface area (Å²) in [6, 6.07) is 6.69. The molecule has 0 amide bonds. The van der Waals surface area contributed by atoms with Crippen LogP contribution < -0.4 is 4.74 Å². The molecule has 0 aliphatic carbocycles. The van der Waals surface area contributed by atoms with Crippen molar-refractivity contribution in [1.29, 1.82) is 0 Å². The quantitative estimate of drug-likeness (QED) is 0.150. The van der Waals surface area contributed by atoms with Crippen LogP contribution in [-0.4, -0.2) is 18.5 Å². The number of carbonyl (C=O) groups excluding carboxylic acids is 2. The third-order valence-corrected chi connectivity index (χ3v) is 5.04. The van der Waals surface area contributed by atoms with Gasteiger partial charge < -0.3 is 9.47 Å². The second-order valence-corrected chi connectivity index (χ2v) is 7.98. The van der Waals surface area contributed by atoms with Crippen LogP contribution in [0.4, 0.5) is 0 Å². The van der Waals surface area contributed by atoms with Crippen molar-refractivity contribution in [3.63, 3.8) is 0 Å². The molecular formula is C24H37ClO4. The molecule has 1 aromatic rings. The van der Waals surface area contributed by atoms with Gasteiger partial charge in [0.2, 0.25) is 0 Å². The number of esters is 2. The van der Waals surface area contributed by atoms with Crippen LogP contribution in [0.1, 0.15) is 96.8 Å². The Hall–Kier alpha value is -1.55. The van der Waals surface area contributed by atoms with Gasteiger partial charge in [-0.2, -0.15) is 0 Å². The minimum atomic E-state index is -0.370. The molecule has 0 aromatic heterocycles. The van der Waals surface area contributed by atoms with Gasteiger partial charge in [0, 0.05) is 17.9 Å². The SMILES string of the molecule is CCCCCCCCCCCCCOC(=O)CCCC(=O)Oc1cccc(Cl)c1. The topological polar surface area (TPSA) is 52.6 Å². The fraction of sp³-hybridized carbons (Fsp3) is 0.667. The number of halogens is 1.